The first kappa shape index (κ1) is 28.3. The average Bonchev–Trinajstić information content (AvgIpc) is 3.36. The van der Waals surface area contributed by atoms with Gasteiger partial charge in [0, 0.05) is 42.5 Å². The molecule has 1 saturated heterocycles. The van der Waals surface area contributed by atoms with E-state index in [9.17, 15) is 14.4 Å². The Bertz CT molecular complexity index is 1580. The Balaban J connectivity index is 1.37. The molecule has 1 aliphatic heterocycles. The lowest BCUT2D eigenvalue weighted by atomic mass is 10.2. The highest BCUT2D eigenvalue weighted by atomic mass is 35.5. The molecule has 2 amide bonds. The fourth-order valence-corrected chi connectivity index (χ4v) is 4.98. The van der Waals surface area contributed by atoms with Crippen molar-refractivity contribution in [3.8, 4) is 17.1 Å². The standard InChI is InChI=1S/C28H27Cl2N7O4/c1-2-41-24(40)16-31-22(38)15-23(39)35-11-13-36(14-12-35)27-25-28(33-17-32-27)37(19-9-7-18(29)8-10-19)26(34-25)20-5-3-4-6-21(20)30/h3-10,17H,2,11-16H2,1H3,(H,31,38). The van der Waals surface area contributed by atoms with Gasteiger partial charge in [-0.1, -0.05) is 35.3 Å². The zero-order valence-corrected chi connectivity index (χ0v) is 23.7. The number of nitrogens with zero attached hydrogens (tertiary/aromatic N) is 6. The van der Waals surface area contributed by atoms with E-state index in [-0.39, 0.29) is 25.5 Å². The lowest BCUT2D eigenvalue weighted by molar-refractivity contribution is -0.144. The quantitative estimate of drug-likeness (QED) is 0.242. The molecule has 5 rings (SSSR count). The van der Waals surface area contributed by atoms with Crippen LogP contribution in [-0.2, 0) is 19.1 Å². The number of aromatic nitrogens is 4. The molecule has 1 fully saturated rings. The summed E-state index contributed by atoms with van der Waals surface area (Å²) in [6.45, 7) is 3.39. The number of benzene rings is 2. The van der Waals surface area contributed by atoms with E-state index in [1.807, 2.05) is 45.9 Å². The molecular formula is C28H27Cl2N7O4. The molecule has 3 heterocycles. The number of nitrogens with one attached hydrogen (secondary N) is 1. The normalized spacial score (nSPS) is 13.3. The number of carbonyl (C=O) groups is 3. The molecule has 2 aromatic carbocycles. The predicted molar refractivity (Wildman–Crippen MR) is 155 cm³/mol. The number of halogens is 2. The lowest BCUT2D eigenvalue weighted by Gasteiger charge is -2.35. The molecule has 1 aliphatic rings. The van der Waals surface area contributed by atoms with Gasteiger partial charge in [-0.05, 0) is 43.3 Å². The van der Waals surface area contributed by atoms with Crippen LogP contribution >= 0.6 is 23.2 Å². The van der Waals surface area contributed by atoms with E-state index in [0.29, 0.717) is 59.0 Å². The summed E-state index contributed by atoms with van der Waals surface area (Å²) < 4.78 is 6.71. The largest absolute Gasteiger partial charge is 0.465 e. The third kappa shape index (κ3) is 6.26. The summed E-state index contributed by atoms with van der Waals surface area (Å²) >= 11 is 12.7. The minimum Gasteiger partial charge on any atom is -0.465 e. The summed E-state index contributed by atoms with van der Waals surface area (Å²) in [6.07, 6.45) is 1.15. The van der Waals surface area contributed by atoms with E-state index in [1.165, 1.54) is 6.33 Å². The summed E-state index contributed by atoms with van der Waals surface area (Å²) in [4.78, 5) is 54.1. The number of anilines is 1. The van der Waals surface area contributed by atoms with Gasteiger partial charge in [0.1, 0.15) is 25.1 Å². The van der Waals surface area contributed by atoms with Crippen LogP contribution < -0.4 is 10.2 Å². The van der Waals surface area contributed by atoms with Crippen LogP contribution in [-0.4, -0.2) is 81.5 Å². The maximum Gasteiger partial charge on any atom is 0.325 e. The first-order chi connectivity index (χ1) is 19.9. The number of ether oxygens (including phenoxy) is 1. The number of rotatable bonds is 8. The fourth-order valence-electron chi connectivity index (χ4n) is 4.63. The van der Waals surface area contributed by atoms with Gasteiger partial charge in [-0.25, -0.2) is 15.0 Å². The number of piperazine rings is 1. The van der Waals surface area contributed by atoms with E-state index < -0.39 is 11.9 Å². The Morgan fingerprint density at radius 1 is 0.976 bits per heavy atom. The molecule has 11 nitrogen and oxygen atoms in total. The Labute approximate surface area is 246 Å². The summed E-state index contributed by atoms with van der Waals surface area (Å²) in [7, 11) is 0. The number of imidazole rings is 1. The maximum absolute atomic E-state index is 12.7. The van der Waals surface area contributed by atoms with Crippen molar-refractivity contribution >= 4 is 58.0 Å². The topological polar surface area (TPSA) is 123 Å². The third-order valence-electron chi connectivity index (χ3n) is 6.60. The molecule has 13 heteroatoms. The van der Waals surface area contributed by atoms with Gasteiger partial charge < -0.3 is 19.9 Å². The molecule has 0 aliphatic carbocycles. The number of hydrogen-bond acceptors (Lipinski definition) is 8. The monoisotopic (exact) mass is 595 g/mol. The number of amides is 2. The molecule has 2 aromatic heterocycles. The van der Waals surface area contributed by atoms with Crippen LogP contribution in [0, 0.1) is 0 Å². The van der Waals surface area contributed by atoms with Crippen LogP contribution in [0.4, 0.5) is 5.82 Å². The van der Waals surface area contributed by atoms with Crippen LogP contribution in [0.3, 0.4) is 0 Å². The van der Waals surface area contributed by atoms with E-state index >= 15 is 0 Å². The van der Waals surface area contributed by atoms with Crippen molar-refractivity contribution in [1.29, 1.82) is 0 Å². The number of esters is 1. The number of hydrogen-bond donors (Lipinski definition) is 1. The van der Waals surface area contributed by atoms with Crippen LogP contribution in [0.5, 0.6) is 0 Å². The molecular weight excluding hydrogens is 569 g/mol. The van der Waals surface area contributed by atoms with Gasteiger partial charge in [-0.15, -0.1) is 0 Å². The second kappa shape index (κ2) is 12.5. The van der Waals surface area contributed by atoms with Crippen LogP contribution in [0.1, 0.15) is 13.3 Å². The molecule has 1 N–H and O–H groups in total. The molecule has 212 valence electrons. The maximum atomic E-state index is 12.7. The zero-order valence-electron chi connectivity index (χ0n) is 22.2. The number of carbonyl (C=O) groups excluding carboxylic acids is 3. The first-order valence-electron chi connectivity index (χ1n) is 13.0. The van der Waals surface area contributed by atoms with Gasteiger partial charge >= 0.3 is 5.97 Å². The van der Waals surface area contributed by atoms with Crippen LogP contribution in [0.2, 0.25) is 10.0 Å². The Hall–Kier alpha value is -4.22. The molecule has 4 aromatic rings. The predicted octanol–water partition coefficient (Wildman–Crippen LogP) is 3.51. The van der Waals surface area contributed by atoms with Gasteiger partial charge in [0.2, 0.25) is 11.8 Å². The lowest BCUT2D eigenvalue weighted by Crippen LogP contribution is -2.50. The molecule has 0 atom stereocenters. The van der Waals surface area contributed by atoms with Gasteiger partial charge in [0.25, 0.3) is 0 Å². The van der Waals surface area contributed by atoms with Crippen molar-refractivity contribution in [2.75, 3.05) is 44.2 Å². The minimum atomic E-state index is -0.547. The van der Waals surface area contributed by atoms with Crippen molar-refractivity contribution in [3.05, 3.63) is 64.9 Å². The van der Waals surface area contributed by atoms with E-state index in [0.717, 1.165) is 11.3 Å². The summed E-state index contributed by atoms with van der Waals surface area (Å²) in [5.74, 6) is -0.142. The van der Waals surface area contributed by atoms with Crippen molar-refractivity contribution in [2.24, 2.45) is 0 Å². The summed E-state index contributed by atoms with van der Waals surface area (Å²) in [5, 5.41) is 3.57. The number of fused-ring (bicyclic) bond motifs is 1. The fraction of sp³-hybridized carbons (Fsp3) is 0.286. The highest BCUT2D eigenvalue weighted by Crippen LogP contribution is 2.35. The smallest absolute Gasteiger partial charge is 0.325 e. The molecule has 0 bridgehead atoms. The van der Waals surface area contributed by atoms with Crippen molar-refractivity contribution < 1.29 is 19.1 Å². The summed E-state index contributed by atoms with van der Waals surface area (Å²) in [5.41, 5.74) is 2.75. The average molecular weight is 596 g/mol. The zero-order chi connectivity index (χ0) is 28.9. The van der Waals surface area contributed by atoms with Crippen LogP contribution in [0.25, 0.3) is 28.2 Å². The van der Waals surface area contributed by atoms with Gasteiger partial charge in [0.05, 0.1) is 11.6 Å². The Morgan fingerprint density at radius 2 is 1.71 bits per heavy atom. The van der Waals surface area contributed by atoms with E-state index in [1.54, 1.807) is 24.0 Å². The molecule has 0 spiro atoms. The van der Waals surface area contributed by atoms with E-state index in [4.69, 9.17) is 32.9 Å². The third-order valence-corrected chi connectivity index (χ3v) is 7.19. The highest BCUT2D eigenvalue weighted by Gasteiger charge is 2.27. The van der Waals surface area contributed by atoms with Crippen molar-refractivity contribution in [1.82, 2.24) is 29.7 Å². The van der Waals surface area contributed by atoms with Gasteiger partial charge in [-0.2, -0.15) is 0 Å². The second-order valence-electron chi connectivity index (χ2n) is 9.22. The highest BCUT2D eigenvalue weighted by molar-refractivity contribution is 6.33. The van der Waals surface area contributed by atoms with Crippen LogP contribution in [0.15, 0.2) is 54.9 Å². The van der Waals surface area contributed by atoms with Crippen molar-refractivity contribution in [3.63, 3.8) is 0 Å². The first-order valence-corrected chi connectivity index (χ1v) is 13.8. The molecule has 0 unspecified atom stereocenters. The molecule has 0 radical (unpaired) electrons. The van der Waals surface area contributed by atoms with Crippen molar-refractivity contribution in [2.45, 2.75) is 13.3 Å². The molecule has 41 heavy (non-hydrogen) atoms. The van der Waals surface area contributed by atoms with Gasteiger partial charge in [0.15, 0.2) is 17.0 Å². The Morgan fingerprint density at radius 3 is 2.41 bits per heavy atom. The van der Waals surface area contributed by atoms with Gasteiger partial charge in [-0.3, -0.25) is 19.0 Å². The second-order valence-corrected chi connectivity index (χ2v) is 10.1. The summed E-state index contributed by atoms with van der Waals surface area (Å²) in [6, 6.07) is 14.8. The Kier molecular flexibility index (Phi) is 8.65. The minimum absolute atomic E-state index is 0.221. The SMILES string of the molecule is CCOC(=O)CNC(=O)CC(=O)N1CCN(c2ncnc3c2nc(-c2ccccc2Cl)n3-c2ccc(Cl)cc2)CC1. The van der Waals surface area contributed by atoms with E-state index in [2.05, 4.69) is 15.3 Å². The molecule has 0 saturated carbocycles.